The predicted octanol–water partition coefficient (Wildman–Crippen LogP) is 0.231. The van der Waals surface area contributed by atoms with E-state index in [1.807, 2.05) is 0 Å². The summed E-state index contributed by atoms with van der Waals surface area (Å²) in [5.41, 5.74) is 0. The first-order chi connectivity index (χ1) is 6.36. The summed E-state index contributed by atoms with van der Waals surface area (Å²) in [6, 6.07) is 0. The maximum atomic E-state index is 4.99. The highest BCUT2D eigenvalue weighted by atomic mass is 16.5. The molecule has 0 bridgehead atoms. The molecule has 1 aliphatic rings. The molecule has 74 valence electrons. The van der Waals surface area contributed by atoms with Crippen molar-refractivity contribution < 1.29 is 4.74 Å². The van der Waals surface area contributed by atoms with Crippen LogP contribution in [0.2, 0.25) is 0 Å². The molecule has 0 aromatic heterocycles. The first-order valence-electron chi connectivity index (χ1n) is 4.89. The molecule has 0 amide bonds. The van der Waals surface area contributed by atoms with Gasteiger partial charge in [0.15, 0.2) is 0 Å². The van der Waals surface area contributed by atoms with Crippen LogP contribution < -0.4 is 0 Å². The number of nitrogens with zero attached hydrogens (tertiary/aromatic N) is 2. The Hall–Kier alpha value is -0.720. The number of likely N-dealkylation sites (N-methyl/N-ethyl adjacent to an activating group) is 1. The normalized spacial score (nSPS) is 19.7. The van der Waals surface area contributed by atoms with Crippen LogP contribution in [-0.2, 0) is 4.74 Å². The zero-order chi connectivity index (χ0) is 9.52. The lowest BCUT2D eigenvalue weighted by atomic mass is 10.3. The van der Waals surface area contributed by atoms with Gasteiger partial charge in [-0.15, -0.1) is 0 Å². The summed E-state index contributed by atoms with van der Waals surface area (Å²) in [6.07, 6.45) is 7.18. The molecule has 0 aromatic rings. The van der Waals surface area contributed by atoms with E-state index in [1.165, 1.54) is 13.1 Å². The van der Waals surface area contributed by atoms with E-state index in [-0.39, 0.29) is 0 Å². The van der Waals surface area contributed by atoms with Gasteiger partial charge in [-0.1, -0.05) is 13.3 Å². The third-order valence-electron chi connectivity index (χ3n) is 2.51. The van der Waals surface area contributed by atoms with Gasteiger partial charge >= 0.3 is 0 Å². The molecule has 0 spiro atoms. The number of rotatable bonds is 4. The highest BCUT2D eigenvalue weighted by Crippen LogP contribution is 2.00. The second-order valence-electron chi connectivity index (χ2n) is 3.24. The van der Waals surface area contributed by atoms with Gasteiger partial charge in [0.25, 0.3) is 0 Å². The predicted molar refractivity (Wildman–Crippen MR) is 53.3 cm³/mol. The minimum Gasteiger partial charge on any atom is -0.445 e. The molecule has 0 unspecified atom stereocenters. The molecular weight excluding hydrogens is 164 g/mol. The van der Waals surface area contributed by atoms with Gasteiger partial charge in [0, 0.05) is 32.7 Å². The Balaban J connectivity index is 2.07. The Labute approximate surface area is 80.7 Å². The topological polar surface area (TPSA) is 15.7 Å². The monoisotopic (exact) mass is 182 g/mol. The third kappa shape index (κ3) is 3.67. The lowest BCUT2D eigenvalue weighted by molar-refractivity contribution is 0.115. The summed E-state index contributed by atoms with van der Waals surface area (Å²) in [5.74, 6) is 0. The molecule has 0 saturated carbocycles. The van der Waals surface area contributed by atoms with Gasteiger partial charge in [-0.25, -0.2) is 0 Å². The Morgan fingerprint density at radius 1 is 1.23 bits per heavy atom. The van der Waals surface area contributed by atoms with Crippen LogP contribution in [0.3, 0.4) is 0 Å². The fraction of sp³-hybridized carbons (Fsp3) is 0.800. The second-order valence-corrected chi connectivity index (χ2v) is 3.24. The molecule has 0 aliphatic carbocycles. The van der Waals surface area contributed by atoms with Crippen LogP contribution in [0.1, 0.15) is 6.92 Å². The van der Waals surface area contributed by atoms with E-state index in [0.717, 1.165) is 26.2 Å². The van der Waals surface area contributed by atoms with Gasteiger partial charge in [-0.3, -0.25) is 4.90 Å². The molecule has 0 atom stereocenters. The van der Waals surface area contributed by atoms with Crippen LogP contribution in [0.4, 0.5) is 0 Å². The fourth-order valence-electron chi connectivity index (χ4n) is 1.56. The van der Waals surface area contributed by atoms with Crippen molar-refractivity contribution in [1.82, 2.24) is 9.80 Å². The van der Waals surface area contributed by atoms with E-state index in [9.17, 15) is 0 Å². The number of ether oxygens (including phenoxy) is 1. The van der Waals surface area contributed by atoms with Crippen molar-refractivity contribution >= 4 is 0 Å². The second kappa shape index (κ2) is 5.85. The Bertz CT molecular complexity index is 168. The Morgan fingerprint density at radius 3 is 2.38 bits per heavy atom. The van der Waals surface area contributed by atoms with Crippen LogP contribution >= 0.6 is 0 Å². The summed E-state index contributed by atoms with van der Waals surface area (Å²) >= 11 is 0. The highest BCUT2D eigenvalue weighted by Gasteiger charge is 2.14. The van der Waals surface area contributed by atoms with Crippen molar-refractivity contribution in [2.45, 2.75) is 6.92 Å². The quantitative estimate of drug-likeness (QED) is 0.457. The molecule has 1 rings (SSSR count). The maximum Gasteiger partial charge on any atom is 0.113 e. The van der Waals surface area contributed by atoms with Crippen LogP contribution in [0, 0.1) is 12.5 Å². The minimum atomic E-state index is 0.655. The van der Waals surface area contributed by atoms with Gasteiger partial charge in [-0.2, -0.15) is 0 Å². The first-order valence-corrected chi connectivity index (χ1v) is 4.89. The number of terminal acetylenes is 1. The molecule has 3 nitrogen and oxygen atoms in total. The van der Waals surface area contributed by atoms with Crippen molar-refractivity contribution in [1.29, 1.82) is 0 Å². The van der Waals surface area contributed by atoms with Gasteiger partial charge in [0.05, 0.1) is 0 Å². The average Bonchev–Trinajstić information content (AvgIpc) is 2.19. The molecule has 1 saturated heterocycles. The van der Waals surface area contributed by atoms with E-state index in [4.69, 9.17) is 11.2 Å². The van der Waals surface area contributed by atoms with Crippen molar-refractivity contribution in [3.63, 3.8) is 0 Å². The molecule has 0 radical (unpaired) electrons. The standard InChI is InChI=1S/C10H18N2O/c1-3-11-5-7-12(8-6-11)9-10-13-4-2/h2H,3,5-10H2,1H3. The molecule has 1 fully saturated rings. The van der Waals surface area contributed by atoms with Gasteiger partial charge < -0.3 is 9.64 Å². The number of piperazine rings is 1. The zero-order valence-electron chi connectivity index (χ0n) is 8.33. The summed E-state index contributed by atoms with van der Waals surface area (Å²) in [4.78, 5) is 4.85. The molecule has 0 aromatic carbocycles. The van der Waals surface area contributed by atoms with Crippen LogP contribution in [0.25, 0.3) is 0 Å². The van der Waals surface area contributed by atoms with Gasteiger partial charge in [0.2, 0.25) is 0 Å². The highest BCUT2D eigenvalue weighted by molar-refractivity contribution is 4.72. The summed E-state index contributed by atoms with van der Waals surface area (Å²) < 4.78 is 4.86. The van der Waals surface area contributed by atoms with E-state index < -0.39 is 0 Å². The van der Waals surface area contributed by atoms with Crippen molar-refractivity contribution in [3.05, 3.63) is 0 Å². The Kier molecular flexibility index (Phi) is 4.66. The van der Waals surface area contributed by atoms with E-state index in [2.05, 4.69) is 22.8 Å². The number of hydrogen-bond acceptors (Lipinski definition) is 3. The van der Waals surface area contributed by atoms with Crippen LogP contribution in [-0.4, -0.2) is 55.7 Å². The summed E-state index contributed by atoms with van der Waals surface area (Å²) in [6.45, 7) is 9.61. The molecule has 1 heterocycles. The zero-order valence-corrected chi connectivity index (χ0v) is 8.33. The summed E-state index contributed by atoms with van der Waals surface area (Å²) in [5, 5.41) is 0. The molecule has 1 aliphatic heterocycles. The molecule has 3 heteroatoms. The molecule has 13 heavy (non-hydrogen) atoms. The lowest BCUT2D eigenvalue weighted by Crippen LogP contribution is -2.46. The van der Waals surface area contributed by atoms with Crippen molar-refractivity contribution in [2.75, 3.05) is 45.9 Å². The number of hydrogen-bond donors (Lipinski definition) is 0. The van der Waals surface area contributed by atoms with Crippen molar-refractivity contribution in [3.8, 4) is 12.5 Å². The van der Waals surface area contributed by atoms with Crippen LogP contribution in [0.5, 0.6) is 0 Å². The third-order valence-corrected chi connectivity index (χ3v) is 2.51. The smallest absolute Gasteiger partial charge is 0.113 e. The maximum absolute atomic E-state index is 4.99. The van der Waals surface area contributed by atoms with E-state index in [1.54, 1.807) is 0 Å². The molecule has 0 N–H and O–H groups in total. The van der Waals surface area contributed by atoms with Crippen LogP contribution in [0.15, 0.2) is 0 Å². The summed E-state index contributed by atoms with van der Waals surface area (Å²) in [7, 11) is 0. The Morgan fingerprint density at radius 2 is 1.85 bits per heavy atom. The van der Waals surface area contributed by atoms with E-state index >= 15 is 0 Å². The van der Waals surface area contributed by atoms with E-state index in [0.29, 0.717) is 6.61 Å². The SMILES string of the molecule is C#COCCN1CCN(CC)CC1. The molecular formula is C10H18N2O. The first kappa shape index (κ1) is 10.4. The van der Waals surface area contributed by atoms with Crippen molar-refractivity contribution in [2.24, 2.45) is 0 Å². The largest absolute Gasteiger partial charge is 0.445 e. The lowest BCUT2D eigenvalue weighted by Gasteiger charge is -2.33. The van der Waals surface area contributed by atoms with Gasteiger partial charge in [0.1, 0.15) is 12.7 Å². The average molecular weight is 182 g/mol. The minimum absolute atomic E-state index is 0.655. The fourth-order valence-corrected chi connectivity index (χ4v) is 1.56. The van der Waals surface area contributed by atoms with Gasteiger partial charge in [-0.05, 0) is 6.54 Å².